The summed E-state index contributed by atoms with van der Waals surface area (Å²) in [4.78, 5) is 11.6. The lowest BCUT2D eigenvalue weighted by atomic mass is 9.73. The van der Waals surface area contributed by atoms with E-state index >= 15 is 0 Å². The first kappa shape index (κ1) is 11.7. The summed E-state index contributed by atoms with van der Waals surface area (Å²) < 4.78 is 36.5. The molecule has 0 spiro atoms. The third-order valence-corrected chi connectivity index (χ3v) is 3.35. The Morgan fingerprint density at radius 1 is 1.25 bits per heavy atom. The fourth-order valence-electron chi connectivity index (χ4n) is 2.49. The van der Waals surface area contributed by atoms with Gasteiger partial charge in [0, 0.05) is 6.54 Å². The standard InChI is InChI=1S/C9H12F3NO3/c10-9(11,12)8(16)13-3-4-1-2-5(14)7(15)6(4)13/h4-7,14-15H,1-3H2/t4-,5+,6+,7+/m1/s1. The number of halogens is 3. The van der Waals surface area contributed by atoms with E-state index in [4.69, 9.17) is 0 Å². The number of alkyl halides is 3. The van der Waals surface area contributed by atoms with Gasteiger partial charge in [-0.05, 0) is 18.8 Å². The topological polar surface area (TPSA) is 60.8 Å². The number of fused-ring (bicyclic) bond motifs is 1. The van der Waals surface area contributed by atoms with Crippen LogP contribution in [0.4, 0.5) is 13.2 Å². The van der Waals surface area contributed by atoms with E-state index in [9.17, 15) is 28.2 Å². The van der Waals surface area contributed by atoms with Crippen molar-refractivity contribution in [1.29, 1.82) is 0 Å². The van der Waals surface area contributed by atoms with Crippen LogP contribution in [-0.2, 0) is 4.79 Å². The van der Waals surface area contributed by atoms with Crippen molar-refractivity contribution in [2.75, 3.05) is 6.54 Å². The third kappa shape index (κ3) is 1.67. The van der Waals surface area contributed by atoms with Gasteiger partial charge >= 0.3 is 12.1 Å². The average molecular weight is 239 g/mol. The maximum Gasteiger partial charge on any atom is 0.471 e. The highest BCUT2D eigenvalue weighted by atomic mass is 19.4. The van der Waals surface area contributed by atoms with E-state index in [0.717, 1.165) is 0 Å². The fraction of sp³-hybridized carbons (Fsp3) is 0.889. The van der Waals surface area contributed by atoms with Gasteiger partial charge in [-0.1, -0.05) is 0 Å². The van der Waals surface area contributed by atoms with Gasteiger partial charge in [0.2, 0.25) is 0 Å². The molecule has 0 radical (unpaired) electrons. The first-order valence-corrected chi connectivity index (χ1v) is 5.06. The van der Waals surface area contributed by atoms with Gasteiger partial charge in [-0.2, -0.15) is 13.2 Å². The lowest BCUT2D eigenvalue weighted by Gasteiger charge is -2.54. The molecular weight excluding hydrogens is 227 g/mol. The molecule has 92 valence electrons. The van der Waals surface area contributed by atoms with Crippen molar-refractivity contribution in [3.8, 4) is 0 Å². The summed E-state index contributed by atoms with van der Waals surface area (Å²) in [5.74, 6) is -2.05. The van der Waals surface area contributed by atoms with Crippen molar-refractivity contribution in [3.05, 3.63) is 0 Å². The second-order valence-corrected chi connectivity index (χ2v) is 4.34. The second kappa shape index (κ2) is 3.59. The molecule has 1 amide bonds. The van der Waals surface area contributed by atoms with Crippen LogP contribution in [0.25, 0.3) is 0 Å². The highest BCUT2D eigenvalue weighted by molar-refractivity contribution is 5.83. The molecule has 1 saturated carbocycles. The van der Waals surface area contributed by atoms with Crippen molar-refractivity contribution in [2.45, 2.75) is 37.3 Å². The third-order valence-electron chi connectivity index (χ3n) is 3.35. The van der Waals surface area contributed by atoms with E-state index in [0.29, 0.717) is 17.7 Å². The van der Waals surface area contributed by atoms with E-state index in [2.05, 4.69) is 0 Å². The molecule has 4 nitrogen and oxygen atoms in total. The van der Waals surface area contributed by atoms with Gasteiger partial charge in [-0.3, -0.25) is 4.79 Å². The fourth-order valence-corrected chi connectivity index (χ4v) is 2.49. The monoisotopic (exact) mass is 239 g/mol. The SMILES string of the molecule is O=C(N1C[C@H]2CC[C@H](O)[C@H](O)[C@H]21)C(F)(F)F. The van der Waals surface area contributed by atoms with Crippen LogP contribution in [0, 0.1) is 5.92 Å². The molecule has 0 aromatic heterocycles. The molecule has 0 aromatic rings. The molecule has 2 N–H and O–H groups in total. The highest BCUT2D eigenvalue weighted by Gasteiger charge is 2.56. The number of carbonyl (C=O) groups excluding carboxylic acids is 1. The summed E-state index contributed by atoms with van der Waals surface area (Å²) in [6, 6.07) is -0.877. The van der Waals surface area contributed by atoms with E-state index in [1.54, 1.807) is 0 Å². The van der Waals surface area contributed by atoms with Gasteiger partial charge in [0.05, 0.1) is 12.1 Å². The van der Waals surface area contributed by atoms with Gasteiger partial charge in [0.1, 0.15) is 6.10 Å². The number of carbonyl (C=O) groups is 1. The van der Waals surface area contributed by atoms with Crippen molar-refractivity contribution in [1.82, 2.24) is 4.90 Å². The van der Waals surface area contributed by atoms with Crippen molar-refractivity contribution >= 4 is 5.91 Å². The average Bonchev–Trinajstić information content (AvgIpc) is 2.11. The van der Waals surface area contributed by atoms with E-state index in [-0.39, 0.29) is 12.5 Å². The maximum atomic E-state index is 12.2. The van der Waals surface area contributed by atoms with Gasteiger partial charge in [-0.25, -0.2) is 0 Å². The Morgan fingerprint density at radius 2 is 1.88 bits per heavy atom. The minimum Gasteiger partial charge on any atom is -0.390 e. The van der Waals surface area contributed by atoms with Crippen LogP contribution < -0.4 is 0 Å². The lowest BCUT2D eigenvalue weighted by molar-refractivity contribution is -0.211. The van der Waals surface area contributed by atoms with Gasteiger partial charge in [0.25, 0.3) is 0 Å². The van der Waals surface area contributed by atoms with Crippen molar-refractivity contribution in [3.63, 3.8) is 0 Å². The summed E-state index contributed by atoms with van der Waals surface area (Å²) in [6.07, 6.45) is -6.29. The predicted molar refractivity (Wildman–Crippen MR) is 46.3 cm³/mol. The molecule has 4 atom stereocenters. The molecule has 2 aliphatic rings. The van der Waals surface area contributed by atoms with Crippen molar-refractivity contribution in [2.24, 2.45) is 5.92 Å². The molecule has 1 aliphatic carbocycles. The van der Waals surface area contributed by atoms with E-state index in [1.165, 1.54) is 0 Å². The zero-order valence-corrected chi connectivity index (χ0v) is 8.31. The Kier molecular flexibility index (Phi) is 2.62. The molecule has 16 heavy (non-hydrogen) atoms. The summed E-state index contributed by atoms with van der Waals surface area (Å²) in [6.45, 7) is 0.0206. The predicted octanol–water partition coefficient (Wildman–Crippen LogP) is -0.109. The number of amides is 1. The van der Waals surface area contributed by atoms with Crippen LogP contribution in [-0.4, -0.2) is 52.0 Å². The summed E-state index contributed by atoms with van der Waals surface area (Å²) >= 11 is 0. The lowest BCUT2D eigenvalue weighted by Crippen LogP contribution is -2.69. The number of rotatable bonds is 0. The molecule has 0 unspecified atom stereocenters. The Morgan fingerprint density at radius 3 is 2.44 bits per heavy atom. The minimum atomic E-state index is -4.91. The van der Waals surface area contributed by atoms with Gasteiger partial charge in [-0.15, -0.1) is 0 Å². The zero-order valence-electron chi connectivity index (χ0n) is 8.31. The van der Waals surface area contributed by atoms with Crippen molar-refractivity contribution < 1.29 is 28.2 Å². The molecule has 1 saturated heterocycles. The molecular formula is C9H12F3NO3. The second-order valence-electron chi connectivity index (χ2n) is 4.34. The molecule has 1 heterocycles. The number of aliphatic hydroxyl groups is 2. The van der Waals surface area contributed by atoms with Crippen LogP contribution in [0.3, 0.4) is 0 Å². The molecule has 2 fully saturated rings. The quantitative estimate of drug-likeness (QED) is 0.620. The van der Waals surface area contributed by atoms with E-state index in [1.807, 2.05) is 0 Å². The smallest absolute Gasteiger partial charge is 0.390 e. The zero-order chi connectivity index (χ0) is 12.1. The number of hydrogen-bond donors (Lipinski definition) is 2. The number of aliphatic hydroxyl groups excluding tert-OH is 2. The Balaban J connectivity index is 2.08. The van der Waals surface area contributed by atoms with Gasteiger partial charge in [0.15, 0.2) is 0 Å². The van der Waals surface area contributed by atoms with Crippen LogP contribution in [0.5, 0.6) is 0 Å². The van der Waals surface area contributed by atoms with E-state index < -0.39 is 30.3 Å². The number of nitrogens with zero attached hydrogens (tertiary/aromatic N) is 1. The number of likely N-dealkylation sites (tertiary alicyclic amines) is 1. The summed E-state index contributed by atoms with van der Waals surface area (Å²) in [5, 5.41) is 18.9. The molecule has 7 heteroatoms. The van der Waals surface area contributed by atoms with Crippen LogP contribution >= 0.6 is 0 Å². The van der Waals surface area contributed by atoms with Crippen LogP contribution in [0.15, 0.2) is 0 Å². The first-order valence-electron chi connectivity index (χ1n) is 5.06. The van der Waals surface area contributed by atoms with Crippen LogP contribution in [0.2, 0.25) is 0 Å². The maximum absolute atomic E-state index is 12.2. The summed E-state index contributed by atoms with van der Waals surface area (Å²) in [7, 11) is 0. The summed E-state index contributed by atoms with van der Waals surface area (Å²) in [5.41, 5.74) is 0. The van der Waals surface area contributed by atoms with Crippen LogP contribution in [0.1, 0.15) is 12.8 Å². The first-order chi connectivity index (χ1) is 7.32. The normalized spacial score (nSPS) is 38.9. The molecule has 1 aliphatic heterocycles. The van der Waals surface area contributed by atoms with Gasteiger partial charge < -0.3 is 15.1 Å². The largest absolute Gasteiger partial charge is 0.471 e. The number of hydrogen-bond acceptors (Lipinski definition) is 3. The highest BCUT2D eigenvalue weighted by Crippen LogP contribution is 2.39. The molecule has 0 bridgehead atoms. The Hall–Kier alpha value is -0.820. The molecule has 0 aromatic carbocycles. The minimum absolute atomic E-state index is 0.0206. The molecule has 2 rings (SSSR count). The Labute approximate surface area is 89.7 Å². The Bertz CT molecular complexity index is 307.